The van der Waals surface area contributed by atoms with Crippen LogP contribution in [0.4, 0.5) is 0 Å². The number of carbonyl (C=O) groups is 1. The van der Waals surface area contributed by atoms with Crippen molar-refractivity contribution in [3.8, 4) is 5.75 Å². The molecule has 0 atom stereocenters. The highest BCUT2D eigenvalue weighted by molar-refractivity contribution is 7.87. The van der Waals surface area contributed by atoms with Crippen molar-refractivity contribution in [2.75, 3.05) is 19.7 Å². The molecule has 0 saturated carbocycles. The zero-order valence-electron chi connectivity index (χ0n) is 12.2. The fraction of sp³-hybridized carbons (Fsp3) is 0.500. The molecule has 1 saturated heterocycles. The zero-order chi connectivity index (χ0) is 15.5. The van der Waals surface area contributed by atoms with Gasteiger partial charge >= 0.3 is 10.2 Å². The molecule has 1 fully saturated rings. The molecule has 7 heteroatoms. The first kappa shape index (κ1) is 15.8. The van der Waals surface area contributed by atoms with Gasteiger partial charge in [-0.3, -0.25) is 4.79 Å². The van der Waals surface area contributed by atoms with E-state index in [2.05, 4.69) is 13.8 Å². The summed E-state index contributed by atoms with van der Waals surface area (Å²) in [5, 5.41) is 0. The third kappa shape index (κ3) is 4.18. The summed E-state index contributed by atoms with van der Waals surface area (Å²) in [7, 11) is -3.69. The molecule has 0 bridgehead atoms. The molecule has 1 amide bonds. The summed E-state index contributed by atoms with van der Waals surface area (Å²) >= 11 is 0. The molecule has 0 aromatic heterocycles. The first-order valence-electron chi connectivity index (χ1n) is 6.92. The number of ether oxygens (including phenoxy) is 1. The Morgan fingerprint density at radius 3 is 2.38 bits per heavy atom. The van der Waals surface area contributed by atoms with E-state index in [9.17, 15) is 13.2 Å². The lowest BCUT2D eigenvalue weighted by atomic mass is 10.0. The smallest absolute Gasteiger partial charge is 0.303 e. The highest BCUT2D eigenvalue weighted by Gasteiger charge is 2.29. The van der Waals surface area contributed by atoms with Crippen molar-refractivity contribution in [2.45, 2.75) is 26.2 Å². The molecular weight excluding hydrogens is 292 g/mol. The van der Waals surface area contributed by atoms with Gasteiger partial charge in [-0.1, -0.05) is 26.0 Å². The maximum Gasteiger partial charge on any atom is 0.303 e. The van der Waals surface area contributed by atoms with Crippen LogP contribution in [0, 0.1) is 0 Å². The van der Waals surface area contributed by atoms with Crippen LogP contribution in [0.3, 0.4) is 0 Å². The summed E-state index contributed by atoms with van der Waals surface area (Å²) in [6.45, 7) is 4.77. The Morgan fingerprint density at radius 1 is 1.29 bits per heavy atom. The molecule has 1 aliphatic heterocycles. The van der Waals surface area contributed by atoms with E-state index >= 15 is 0 Å². The van der Waals surface area contributed by atoms with Gasteiger partial charge in [0.25, 0.3) is 5.91 Å². The molecule has 1 heterocycles. The van der Waals surface area contributed by atoms with Gasteiger partial charge in [0, 0.05) is 13.1 Å². The van der Waals surface area contributed by atoms with Crippen molar-refractivity contribution in [3.63, 3.8) is 0 Å². The minimum Gasteiger partial charge on any atom is -0.484 e. The highest BCUT2D eigenvalue weighted by atomic mass is 32.2. The van der Waals surface area contributed by atoms with Crippen molar-refractivity contribution in [1.29, 1.82) is 0 Å². The van der Waals surface area contributed by atoms with Crippen LogP contribution in [0.5, 0.6) is 5.75 Å². The lowest BCUT2D eigenvalue weighted by Gasteiger charge is -2.29. The Balaban J connectivity index is 1.83. The molecule has 6 nitrogen and oxygen atoms in total. The molecule has 0 unspecified atom stereocenters. The summed E-state index contributed by atoms with van der Waals surface area (Å²) in [5.41, 5.74) is 1.17. The topological polar surface area (TPSA) is 75.7 Å². The second kappa shape index (κ2) is 6.44. The van der Waals surface area contributed by atoms with Crippen molar-refractivity contribution in [1.82, 2.24) is 9.03 Å². The molecule has 0 radical (unpaired) electrons. The predicted molar refractivity (Wildman–Crippen MR) is 79.3 cm³/mol. The molecule has 116 valence electrons. The minimum atomic E-state index is -3.69. The second-order valence-electron chi connectivity index (χ2n) is 5.30. The number of benzene rings is 1. The van der Waals surface area contributed by atoms with Crippen LogP contribution in [-0.2, 0) is 15.0 Å². The first-order chi connectivity index (χ1) is 9.88. The van der Waals surface area contributed by atoms with Crippen molar-refractivity contribution >= 4 is 16.1 Å². The first-order valence-corrected chi connectivity index (χ1v) is 8.36. The average molecular weight is 312 g/mol. The largest absolute Gasteiger partial charge is 0.484 e. The minimum absolute atomic E-state index is 0.325. The van der Waals surface area contributed by atoms with Crippen LogP contribution in [0.15, 0.2) is 24.3 Å². The number of nitrogens with zero attached hydrogens (tertiary/aromatic N) is 1. The van der Waals surface area contributed by atoms with Gasteiger partial charge in [0.1, 0.15) is 5.75 Å². The SMILES string of the molecule is CC(C)c1ccc(OCC(=O)NS(=O)(=O)N2CCC2)cc1. The summed E-state index contributed by atoms with van der Waals surface area (Å²) in [4.78, 5) is 11.6. The molecule has 1 aliphatic rings. The average Bonchev–Trinajstić information content (AvgIpc) is 2.33. The summed E-state index contributed by atoms with van der Waals surface area (Å²) < 4.78 is 31.9. The van der Waals surface area contributed by atoms with Gasteiger partial charge in [-0.15, -0.1) is 0 Å². The van der Waals surface area contributed by atoms with Crippen LogP contribution in [-0.4, -0.2) is 38.3 Å². The van der Waals surface area contributed by atoms with Crippen molar-refractivity contribution in [2.24, 2.45) is 0 Å². The number of nitrogens with one attached hydrogen (secondary N) is 1. The predicted octanol–water partition coefficient (Wildman–Crippen LogP) is 1.26. The number of amides is 1. The van der Waals surface area contributed by atoms with Gasteiger partial charge < -0.3 is 4.74 Å². The maximum atomic E-state index is 11.7. The van der Waals surface area contributed by atoms with Gasteiger partial charge in [0.05, 0.1) is 0 Å². The zero-order valence-corrected chi connectivity index (χ0v) is 13.0. The molecule has 1 aromatic carbocycles. The monoisotopic (exact) mass is 312 g/mol. The standard InChI is InChI=1S/C14H20N2O4S/c1-11(2)12-4-6-13(7-5-12)20-10-14(17)15-21(18,19)16-8-3-9-16/h4-7,11H,3,8-10H2,1-2H3,(H,15,17). The Hall–Kier alpha value is -1.60. The van der Waals surface area contributed by atoms with E-state index in [1.165, 1.54) is 9.87 Å². The highest BCUT2D eigenvalue weighted by Crippen LogP contribution is 2.18. The molecule has 0 spiro atoms. The molecule has 1 aromatic rings. The van der Waals surface area contributed by atoms with Crippen molar-refractivity contribution < 1.29 is 17.9 Å². The number of rotatable bonds is 6. The van der Waals surface area contributed by atoms with E-state index in [1.54, 1.807) is 12.1 Å². The number of hydrogen-bond donors (Lipinski definition) is 1. The second-order valence-corrected chi connectivity index (χ2v) is 6.97. The summed E-state index contributed by atoms with van der Waals surface area (Å²) in [6.07, 6.45) is 0.827. The van der Waals surface area contributed by atoms with E-state index in [1.807, 2.05) is 16.9 Å². The van der Waals surface area contributed by atoms with Crippen LogP contribution < -0.4 is 9.46 Å². The van der Waals surface area contributed by atoms with Gasteiger partial charge in [-0.25, -0.2) is 4.72 Å². The fourth-order valence-electron chi connectivity index (χ4n) is 1.86. The van der Waals surface area contributed by atoms with E-state index in [4.69, 9.17) is 4.74 Å². The van der Waals surface area contributed by atoms with Gasteiger partial charge in [0.2, 0.25) is 0 Å². The molecule has 0 aliphatic carbocycles. The summed E-state index contributed by atoms with van der Waals surface area (Å²) in [6, 6.07) is 7.39. The van der Waals surface area contributed by atoms with E-state index < -0.39 is 16.1 Å². The summed E-state index contributed by atoms with van der Waals surface area (Å²) in [5.74, 6) is 0.287. The van der Waals surface area contributed by atoms with E-state index in [0.29, 0.717) is 24.8 Å². The Labute approximate surface area is 125 Å². The van der Waals surface area contributed by atoms with Gasteiger partial charge in [0.15, 0.2) is 6.61 Å². The van der Waals surface area contributed by atoms with E-state index in [-0.39, 0.29) is 6.61 Å². The van der Waals surface area contributed by atoms with Crippen LogP contribution >= 0.6 is 0 Å². The lowest BCUT2D eigenvalue weighted by molar-refractivity contribution is -0.121. The van der Waals surface area contributed by atoms with Crippen LogP contribution in [0.1, 0.15) is 31.7 Å². The number of hydrogen-bond acceptors (Lipinski definition) is 4. The van der Waals surface area contributed by atoms with Crippen LogP contribution in [0.25, 0.3) is 0 Å². The molecule has 21 heavy (non-hydrogen) atoms. The quantitative estimate of drug-likeness (QED) is 0.858. The maximum absolute atomic E-state index is 11.7. The van der Waals surface area contributed by atoms with Gasteiger partial charge in [-0.2, -0.15) is 12.7 Å². The molecule has 2 rings (SSSR count). The van der Waals surface area contributed by atoms with Gasteiger partial charge in [-0.05, 0) is 30.0 Å². The third-order valence-corrected chi connectivity index (χ3v) is 4.85. The normalized spacial score (nSPS) is 15.6. The van der Waals surface area contributed by atoms with Crippen LogP contribution in [0.2, 0.25) is 0 Å². The fourth-order valence-corrected chi connectivity index (χ4v) is 3.08. The molecule has 1 N–H and O–H groups in total. The Morgan fingerprint density at radius 2 is 1.90 bits per heavy atom. The lowest BCUT2D eigenvalue weighted by Crippen LogP contribution is -2.50. The van der Waals surface area contributed by atoms with E-state index in [0.717, 1.165) is 6.42 Å². The van der Waals surface area contributed by atoms with Crippen molar-refractivity contribution in [3.05, 3.63) is 29.8 Å². The Bertz CT molecular complexity index is 592. The third-order valence-electron chi connectivity index (χ3n) is 3.31. The Kier molecular flexibility index (Phi) is 4.84. The number of carbonyl (C=O) groups excluding carboxylic acids is 1. The molecular formula is C14H20N2O4S.